The van der Waals surface area contributed by atoms with Crippen LogP contribution in [0.4, 0.5) is 0 Å². The topological polar surface area (TPSA) is 44.1 Å². The zero-order valence-electron chi connectivity index (χ0n) is 15.3. The molecule has 0 spiro atoms. The largest absolute Gasteiger partial charge is 0.461 e. The van der Waals surface area contributed by atoms with Gasteiger partial charge in [0, 0.05) is 11.8 Å². The van der Waals surface area contributed by atoms with Crippen LogP contribution in [0.15, 0.2) is 61.3 Å². The van der Waals surface area contributed by atoms with Gasteiger partial charge in [0.2, 0.25) is 0 Å². The quantitative estimate of drug-likeness (QED) is 0.620. The van der Waals surface area contributed by atoms with Gasteiger partial charge in [0.15, 0.2) is 5.69 Å². The first-order valence-electron chi connectivity index (χ1n) is 8.59. The molecule has 0 aliphatic heterocycles. The Labute approximate surface area is 153 Å². The van der Waals surface area contributed by atoms with Crippen LogP contribution in [-0.4, -0.2) is 22.4 Å². The normalized spacial score (nSPS) is 10.6. The number of hydrogen-bond donors (Lipinski definition) is 0. The molecule has 2 aromatic carbocycles. The Morgan fingerprint density at radius 3 is 2.19 bits per heavy atom. The second-order valence-corrected chi connectivity index (χ2v) is 6.24. The fourth-order valence-electron chi connectivity index (χ4n) is 2.68. The summed E-state index contributed by atoms with van der Waals surface area (Å²) in [5, 5.41) is 4.47. The van der Waals surface area contributed by atoms with E-state index in [0.29, 0.717) is 18.0 Å². The van der Waals surface area contributed by atoms with Gasteiger partial charge < -0.3 is 4.74 Å². The van der Waals surface area contributed by atoms with Gasteiger partial charge in [0.05, 0.1) is 12.3 Å². The van der Waals surface area contributed by atoms with Crippen LogP contribution in [-0.2, 0) is 4.74 Å². The zero-order valence-corrected chi connectivity index (χ0v) is 15.3. The van der Waals surface area contributed by atoms with Crippen LogP contribution in [0.25, 0.3) is 16.8 Å². The van der Waals surface area contributed by atoms with Crippen molar-refractivity contribution < 1.29 is 9.53 Å². The van der Waals surface area contributed by atoms with E-state index in [-0.39, 0.29) is 0 Å². The van der Waals surface area contributed by atoms with Crippen LogP contribution in [0, 0.1) is 13.8 Å². The predicted molar refractivity (Wildman–Crippen MR) is 104 cm³/mol. The number of rotatable bonds is 5. The number of carbonyl (C=O) groups excluding carboxylic acids is 1. The lowest BCUT2D eigenvalue weighted by atomic mass is 10.0. The van der Waals surface area contributed by atoms with Gasteiger partial charge in [0.25, 0.3) is 0 Å². The summed E-state index contributed by atoms with van der Waals surface area (Å²) in [5.74, 6) is -0.432. The molecular weight excluding hydrogens is 324 g/mol. The molecule has 0 radical (unpaired) electrons. The molecule has 4 nitrogen and oxygen atoms in total. The monoisotopic (exact) mass is 346 g/mol. The van der Waals surface area contributed by atoms with Crippen molar-refractivity contribution in [3.05, 3.63) is 83.7 Å². The van der Waals surface area contributed by atoms with Crippen molar-refractivity contribution in [3.8, 4) is 11.1 Å². The molecule has 0 atom stereocenters. The van der Waals surface area contributed by atoms with Crippen molar-refractivity contribution in [1.82, 2.24) is 9.78 Å². The molecule has 26 heavy (non-hydrogen) atoms. The van der Waals surface area contributed by atoms with Crippen LogP contribution < -0.4 is 0 Å². The molecule has 0 saturated carbocycles. The number of nitrogens with zero attached hydrogens (tertiary/aromatic N) is 2. The summed E-state index contributed by atoms with van der Waals surface area (Å²) in [6.45, 7) is 10.3. The predicted octanol–water partition coefficient (Wildman–Crippen LogP) is 4.86. The van der Waals surface area contributed by atoms with Crippen molar-refractivity contribution >= 4 is 11.7 Å². The molecule has 0 fully saturated rings. The average molecular weight is 346 g/mol. The third kappa shape index (κ3) is 3.59. The van der Waals surface area contributed by atoms with E-state index < -0.39 is 5.97 Å². The van der Waals surface area contributed by atoms with Gasteiger partial charge >= 0.3 is 5.97 Å². The van der Waals surface area contributed by atoms with Crippen molar-refractivity contribution in [2.75, 3.05) is 6.61 Å². The lowest BCUT2D eigenvalue weighted by Gasteiger charge is -2.06. The number of aromatic nitrogens is 2. The maximum Gasteiger partial charge on any atom is 0.359 e. The zero-order chi connectivity index (χ0) is 18.7. The molecule has 0 unspecified atom stereocenters. The van der Waals surface area contributed by atoms with Crippen molar-refractivity contribution in [1.29, 1.82) is 0 Å². The number of ether oxygens (including phenoxy) is 1. The lowest BCUT2D eigenvalue weighted by Crippen LogP contribution is -2.08. The van der Waals surface area contributed by atoms with Gasteiger partial charge in [-0.25, -0.2) is 9.48 Å². The van der Waals surface area contributed by atoms with Crippen LogP contribution in [0.5, 0.6) is 0 Å². The van der Waals surface area contributed by atoms with E-state index in [1.807, 2.05) is 68.6 Å². The Hall–Kier alpha value is -3.14. The Bertz CT molecular complexity index is 935. The van der Waals surface area contributed by atoms with Crippen molar-refractivity contribution in [3.63, 3.8) is 0 Å². The Balaban J connectivity index is 2.05. The van der Waals surface area contributed by atoms with E-state index in [0.717, 1.165) is 22.3 Å². The van der Waals surface area contributed by atoms with E-state index in [9.17, 15) is 4.79 Å². The number of carbonyl (C=O) groups is 1. The average Bonchev–Trinajstić information content (AvgIpc) is 3.08. The summed E-state index contributed by atoms with van der Waals surface area (Å²) in [4.78, 5) is 12.4. The highest BCUT2D eigenvalue weighted by Crippen LogP contribution is 2.27. The lowest BCUT2D eigenvalue weighted by molar-refractivity contribution is 0.0520. The third-order valence-electron chi connectivity index (χ3n) is 4.21. The van der Waals surface area contributed by atoms with Crippen LogP contribution in [0.1, 0.15) is 34.1 Å². The molecule has 0 amide bonds. The smallest absolute Gasteiger partial charge is 0.359 e. The standard InChI is InChI=1S/C22H22N2O2/c1-5-26-22(25)21-20(19-12-8-16(3)9-13-19)14-24(23-21)17(4)18-10-6-15(2)7-11-18/h6-14H,4-5H2,1-3H3. The molecule has 0 N–H and O–H groups in total. The van der Waals surface area contributed by atoms with E-state index in [4.69, 9.17) is 4.74 Å². The Kier molecular flexibility index (Phi) is 5.03. The van der Waals surface area contributed by atoms with E-state index >= 15 is 0 Å². The van der Waals surface area contributed by atoms with Crippen molar-refractivity contribution in [2.24, 2.45) is 0 Å². The van der Waals surface area contributed by atoms with E-state index in [1.54, 1.807) is 11.6 Å². The van der Waals surface area contributed by atoms with Gasteiger partial charge in [-0.05, 0) is 31.9 Å². The van der Waals surface area contributed by atoms with Crippen LogP contribution in [0.3, 0.4) is 0 Å². The van der Waals surface area contributed by atoms with Gasteiger partial charge in [-0.15, -0.1) is 0 Å². The minimum absolute atomic E-state index is 0.295. The van der Waals surface area contributed by atoms with E-state index in [1.165, 1.54) is 5.56 Å². The van der Waals surface area contributed by atoms with Crippen LogP contribution in [0.2, 0.25) is 0 Å². The second kappa shape index (κ2) is 7.40. The fraction of sp³-hybridized carbons (Fsp3) is 0.182. The summed E-state index contributed by atoms with van der Waals surface area (Å²) in [6, 6.07) is 16.0. The number of hydrogen-bond acceptors (Lipinski definition) is 3. The molecule has 3 aromatic rings. The SMILES string of the molecule is C=C(c1ccc(C)cc1)n1cc(-c2ccc(C)cc2)c(C(=O)OCC)n1. The molecule has 0 bridgehead atoms. The molecule has 3 rings (SSSR count). The summed E-state index contributed by atoms with van der Waals surface area (Å²) in [7, 11) is 0. The third-order valence-corrected chi connectivity index (χ3v) is 4.21. The van der Waals surface area contributed by atoms with Gasteiger partial charge in [-0.3, -0.25) is 0 Å². The van der Waals surface area contributed by atoms with Crippen molar-refractivity contribution in [2.45, 2.75) is 20.8 Å². The van der Waals surface area contributed by atoms with E-state index in [2.05, 4.69) is 11.7 Å². The maximum absolute atomic E-state index is 12.4. The number of aryl methyl sites for hydroxylation is 2. The maximum atomic E-state index is 12.4. The highest BCUT2D eigenvalue weighted by molar-refractivity contribution is 5.95. The Morgan fingerprint density at radius 2 is 1.62 bits per heavy atom. The highest BCUT2D eigenvalue weighted by Gasteiger charge is 2.20. The minimum atomic E-state index is -0.432. The first kappa shape index (κ1) is 17.7. The summed E-state index contributed by atoms with van der Waals surface area (Å²) >= 11 is 0. The molecule has 0 aliphatic rings. The Morgan fingerprint density at radius 1 is 1.04 bits per heavy atom. The minimum Gasteiger partial charge on any atom is -0.461 e. The molecule has 4 heteroatoms. The number of benzene rings is 2. The van der Waals surface area contributed by atoms with Gasteiger partial charge in [-0.1, -0.05) is 66.2 Å². The molecule has 1 aromatic heterocycles. The van der Waals surface area contributed by atoms with Gasteiger partial charge in [-0.2, -0.15) is 5.10 Å². The van der Waals surface area contributed by atoms with Gasteiger partial charge in [0.1, 0.15) is 0 Å². The first-order chi connectivity index (χ1) is 12.5. The molecule has 1 heterocycles. The summed E-state index contributed by atoms with van der Waals surface area (Å²) < 4.78 is 6.83. The molecular formula is C22H22N2O2. The highest BCUT2D eigenvalue weighted by atomic mass is 16.5. The number of esters is 1. The summed E-state index contributed by atoms with van der Waals surface area (Å²) in [6.07, 6.45) is 1.83. The second-order valence-electron chi connectivity index (χ2n) is 6.24. The molecule has 132 valence electrons. The molecule has 0 aliphatic carbocycles. The summed E-state index contributed by atoms with van der Waals surface area (Å²) in [5.41, 5.74) is 5.93. The molecule has 0 saturated heterocycles. The first-order valence-corrected chi connectivity index (χ1v) is 8.59. The fourth-order valence-corrected chi connectivity index (χ4v) is 2.68. The van der Waals surface area contributed by atoms with Crippen LogP contribution >= 0.6 is 0 Å².